The molecule has 2 aromatic carbocycles. The number of aryl methyl sites for hydroxylation is 1. The number of anilines is 1. The van der Waals surface area contributed by atoms with Gasteiger partial charge < -0.3 is 9.88 Å². The number of H-pyrrole nitrogens is 1. The van der Waals surface area contributed by atoms with Crippen molar-refractivity contribution in [1.29, 1.82) is 0 Å². The molecule has 4 heteroatoms. The molecular formula is C20H19N3O. The van der Waals surface area contributed by atoms with Crippen molar-refractivity contribution in [3.8, 4) is 0 Å². The van der Waals surface area contributed by atoms with Crippen LogP contribution >= 0.6 is 0 Å². The fourth-order valence-corrected chi connectivity index (χ4v) is 4.37. The predicted octanol–water partition coefficient (Wildman–Crippen LogP) is 2.84. The zero-order valence-corrected chi connectivity index (χ0v) is 13.8. The Morgan fingerprint density at radius 2 is 2.00 bits per heavy atom. The van der Waals surface area contributed by atoms with Crippen LogP contribution in [-0.4, -0.2) is 24.5 Å². The molecule has 2 N–H and O–H groups in total. The van der Waals surface area contributed by atoms with Gasteiger partial charge in [0, 0.05) is 35.7 Å². The summed E-state index contributed by atoms with van der Waals surface area (Å²) in [6.45, 7) is 2.87. The number of likely N-dealkylation sites (N-methyl/N-ethyl adjacent to an activating group) is 1. The van der Waals surface area contributed by atoms with Crippen LogP contribution in [0.2, 0.25) is 0 Å². The van der Waals surface area contributed by atoms with Gasteiger partial charge in [-0.15, -0.1) is 0 Å². The number of aromatic amines is 1. The largest absolute Gasteiger partial charge is 0.356 e. The molecule has 0 fully saturated rings. The van der Waals surface area contributed by atoms with Crippen LogP contribution in [-0.2, 0) is 16.8 Å². The Labute approximate surface area is 140 Å². The van der Waals surface area contributed by atoms with E-state index < -0.39 is 5.54 Å². The molecular weight excluding hydrogens is 298 g/mol. The molecule has 0 aliphatic carbocycles. The average Bonchev–Trinajstić information content (AvgIpc) is 3.07. The van der Waals surface area contributed by atoms with Crippen molar-refractivity contribution in [3.05, 3.63) is 64.8 Å². The molecule has 0 saturated heterocycles. The Morgan fingerprint density at radius 1 is 1.17 bits per heavy atom. The number of amides is 1. The van der Waals surface area contributed by atoms with E-state index in [9.17, 15) is 4.79 Å². The summed E-state index contributed by atoms with van der Waals surface area (Å²) in [5, 5.41) is 4.78. The van der Waals surface area contributed by atoms with Crippen molar-refractivity contribution in [3.63, 3.8) is 0 Å². The quantitative estimate of drug-likeness (QED) is 0.670. The van der Waals surface area contributed by atoms with E-state index in [-0.39, 0.29) is 5.91 Å². The minimum atomic E-state index is -0.789. The molecule has 1 spiro atoms. The number of para-hydroxylation sites is 1. The molecule has 5 rings (SSSR count). The summed E-state index contributed by atoms with van der Waals surface area (Å²) < 4.78 is 0. The third-order valence-electron chi connectivity index (χ3n) is 5.50. The van der Waals surface area contributed by atoms with E-state index in [0.29, 0.717) is 0 Å². The highest BCUT2D eigenvalue weighted by Crippen LogP contribution is 2.47. The highest BCUT2D eigenvalue weighted by atomic mass is 16.2. The van der Waals surface area contributed by atoms with Crippen molar-refractivity contribution < 1.29 is 4.79 Å². The highest BCUT2D eigenvalue weighted by Gasteiger charge is 2.54. The van der Waals surface area contributed by atoms with E-state index in [1.807, 2.05) is 13.1 Å². The van der Waals surface area contributed by atoms with Crippen LogP contribution in [0.3, 0.4) is 0 Å². The maximum absolute atomic E-state index is 13.3. The van der Waals surface area contributed by atoms with E-state index in [0.717, 1.165) is 35.4 Å². The molecule has 4 nitrogen and oxygen atoms in total. The van der Waals surface area contributed by atoms with Crippen molar-refractivity contribution in [2.24, 2.45) is 0 Å². The summed E-state index contributed by atoms with van der Waals surface area (Å²) in [5.41, 5.74) is 5.80. The van der Waals surface area contributed by atoms with Gasteiger partial charge in [-0.05, 0) is 31.0 Å². The van der Waals surface area contributed by atoms with E-state index in [4.69, 9.17) is 0 Å². The summed E-state index contributed by atoms with van der Waals surface area (Å²) >= 11 is 0. The molecule has 0 bridgehead atoms. The normalized spacial score (nSPS) is 22.2. The van der Waals surface area contributed by atoms with Gasteiger partial charge in [0.15, 0.2) is 5.54 Å². The summed E-state index contributed by atoms with van der Waals surface area (Å²) in [6.07, 6.45) is 0.930. The lowest BCUT2D eigenvalue weighted by Crippen LogP contribution is -2.54. The van der Waals surface area contributed by atoms with Crippen LogP contribution in [0.25, 0.3) is 10.9 Å². The second kappa shape index (κ2) is 4.48. The van der Waals surface area contributed by atoms with Crippen LogP contribution in [0.15, 0.2) is 42.5 Å². The summed E-state index contributed by atoms with van der Waals surface area (Å²) in [5.74, 6) is 0.0932. The van der Waals surface area contributed by atoms with Gasteiger partial charge in [-0.25, -0.2) is 0 Å². The van der Waals surface area contributed by atoms with Gasteiger partial charge in [-0.1, -0.05) is 35.9 Å². The summed E-state index contributed by atoms with van der Waals surface area (Å²) in [4.78, 5) is 18.7. The summed E-state index contributed by atoms with van der Waals surface area (Å²) in [7, 11) is 1.86. The maximum Gasteiger partial charge on any atom is 0.257 e. The number of fused-ring (bicyclic) bond motifs is 6. The maximum atomic E-state index is 13.3. The van der Waals surface area contributed by atoms with Crippen molar-refractivity contribution >= 4 is 22.5 Å². The molecule has 1 unspecified atom stereocenters. The molecule has 3 heterocycles. The minimum Gasteiger partial charge on any atom is -0.356 e. The van der Waals surface area contributed by atoms with Gasteiger partial charge in [0.2, 0.25) is 0 Å². The highest BCUT2D eigenvalue weighted by molar-refractivity contribution is 6.10. The number of hydrogen-bond acceptors (Lipinski definition) is 2. The van der Waals surface area contributed by atoms with E-state index in [2.05, 4.69) is 53.6 Å². The number of carbonyl (C=O) groups is 1. The standard InChI is InChI=1S/C20H19N3O/c1-12-7-8-17-15(11-12)20(19(24)23(17)2)18-14(9-10-21-20)13-5-3-4-6-16(13)22-18/h3-8,11,21-22H,9-10H2,1-2H3. The Balaban J connectivity index is 1.88. The Hall–Kier alpha value is -2.59. The number of carbonyl (C=O) groups excluding carboxylic acids is 1. The zero-order valence-electron chi connectivity index (χ0n) is 13.8. The Morgan fingerprint density at radius 3 is 2.88 bits per heavy atom. The summed E-state index contributed by atoms with van der Waals surface area (Å²) in [6, 6.07) is 14.6. The first-order valence-corrected chi connectivity index (χ1v) is 8.37. The Bertz CT molecular complexity index is 1000. The Kier molecular flexibility index (Phi) is 2.58. The third-order valence-corrected chi connectivity index (χ3v) is 5.50. The first kappa shape index (κ1) is 13.8. The van der Waals surface area contributed by atoms with Crippen LogP contribution in [0.5, 0.6) is 0 Å². The van der Waals surface area contributed by atoms with E-state index in [1.165, 1.54) is 16.5 Å². The second-order valence-electron chi connectivity index (χ2n) is 6.84. The molecule has 3 aromatic rings. The van der Waals surface area contributed by atoms with Crippen LogP contribution in [0.1, 0.15) is 22.4 Å². The molecule has 1 amide bonds. The monoisotopic (exact) mass is 317 g/mol. The van der Waals surface area contributed by atoms with E-state index >= 15 is 0 Å². The number of nitrogens with zero attached hydrogens (tertiary/aromatic N) is 1. The van der Waals surface area contributed by atoms with Gasteiger partial charge in [0.1, 0.15) is 0 Å². The number of rotatable bonds is 0. The predicted molar refractivity (Wildman–Crippen MR) is 95.4 cm³/mol. The lowest BCUT2D eigenvalue weighted by molar-refractivity contribution is -0.122. The first-order valence-electron chi connectivity index (χ1n) is 8.37. The lowest BCUT2D eigenvalue weighted by atomic mass is 9.81. The van der Waals surface area contributed by atoms with Gasteiger partial charge >= 0.3 is 0 Å². The number of hydrogen-bond donors (Lipinski definition) is 2. The molecule has 2 aliphatic heterocycles. The van der Waals surface area contributed by atoms with Crippen LogP contribution in [0, 0.1) is 6.92 Å². The van der Waals surface area contributed by atoms with Crippen molar-refractivity contribution in [1.82, 2.24) is 10.3 Å². The lowest BCUT2D eigenvalue weighted by Gasteiger charge is -2.34. The molecule has 1 aromatic heterocycles. The molecule has 1 atom stereocenters. The fraction of sp³-hybridized carbons (Fsp3) is 0.250. The molecule has 0 saturated carbocycles. The molecule has 0 radical (unpaired) electrons. The molecule has 24 heavy (non-hydrogen) atoms. The van der Waals surface area contributed by atoms with Crippen molar-refractivity contribution in [2.75, 3.05) is 18.5 Å². The molecule has 2 aliphatic rings. The molecule has 120 valence electrons. The topological polar surface area (TPSA) is 48.1 Å². The van der Waals surface area contributed by atoms with Gasteiger partial charge in [-0.3, -0.25) is 10.1 Å². The second-order valence-corrected chi connectivity index (χ2v) is 6.84. The van der Waals surface area contributed by atoms with Crippen molar-refractivity contribution in [2.45, 2.75) is 18.9 Å². The average molecular weight is 317 g/mol. The zero-order chi connectivity index (χ0) is 16.5. The fourth-order valence-electron chi connectivity index (χ4n) is 4.37. The number of aromatic nitrogens is 1. The minimum absolute atomic E-state index is 0.0932. The van der Waals surface area contributed by atoms with E-state index in [1.54, 1.807) is 4.90 Å². The van der Waals surface area contributed by atoms with Crippen LogP contribution < -0.4 is 10.2 Å². The third kappa shape index (κ3) is 1.49. The first-order chi connectivity index (χ1) is 11.6. The number of benzene rings is 2. The van der Waals surface area contributed by atoms with Gasteiger partial charge in [0.25, 0.3) is 5.91 Å². The SMILES string of the molecule is Cc1ccc2c(c1)C1(NCCc3c1[nH]c1ccccc31)C(=O)N2C. The van der Waals surface area contributed by atoms with Crippen LogP contribution in [0.4, 0.5) is 5.69 Å². The van der Waals surface area contributed by atoms with Gasteiger partial charge in [0.05, 0.1) is 5.69 Å². The number of nitrogens with one attached hydrogen (secondary N) is 2. The van der Waals surface area contributed by atoms with Gasteiger partial charge in [-0.2, -0.15) is 0 Å². The smallest absolute Gasteiger partial charge is 0.257 e.